The van der Waals surface area contributed by atoms with Gasteiger partial charge in [-0.05, 0) is 42.3 Å². The van der Waals surface area contributed by atoms with E-state index < -0.39 is 0 Å². The highest BCUT2D eigenvalue weighted by atomic mass is 16.3. The molecule has 0 bridgehead atoms. The molecule has 0 aliphatic carbocycles. The van der Waals surface area contributed by atoms with Gasteiger partial charge >= 0.3 is 0 Å². The highest BCUT2D eigenvalue weighted by Gasteiger charge is 2.02. The van der Waals surface area contributed by atoms with Gasteiger partial charge in [0.1, 0.15) is 5.75 Å². The van der Waals surface area contributed by atoms with Gasteiger partial charge in [-0.15, -0.1) is 0 Å². The fourth-order valence-electron chi connectivity index (χ4n) is 2.00. The lowest BCUT2D eigenvalue weighted by atomic mass is 10.2. The van der Waals surface area contributed by atoms with Gasteiger partial charge in [0.2, 0.25) is 0 Å². The van der Waals surface area contributed by atoms with Crippen LogP contribution in [0.1, 0.15) is 25.3 Å². The molecule has 0 aliphatic heterocycles. The number of rotatable bonds is 6. The summed E-state index contributed by atoms with van der Waals surface area (Å²) in [5, 5.41) is 9.39. The van der Waals surface area contributed by atoms with Crippen LogP contribution in [0.5, 0.6) is 5.75 Å². The van der Waals surface area contributed by atoms with Crippen molar-refractivity contribution in [1.29, 1.82) is 0 Å². The van der Waals surface area contributed by atoms with Crippen LogP contribution in [0.15, 0.2) is 60.8 Å². The quantitative estimate of drug-likeness (QED) is 0.822. The Balaban J connectivity index is 2.15. The smallest absolute Gasteiger partial charge is 0.115 e. The van der Waals surface area contributed by atoms with Crippen molar-refractivity contribution in [3.63, 3.8) is 0 Å². The van der Waals surface area contributed by atoms with Crippen LogP contribution in [0.25, 0.3) is 6.08 Å². The highest BCUT2D eigenvalue weighted by Crippen LogP contribution is 2.20. The molecule has 104 valence electrons. The average molecular weight is 267 g/mol. The third kappa shape index (κ3) is 4.16. The van der Waals surface area contributed by atoms with Gasteiger partial charge in [-0.1, -0.05) is 43.7 Å². The largest absolute Gasteiger partial charge is 0.508 e. The summed E-state index contributed by atoms with van der Waals surface area (Å²) in [5.41, 5.74) is 2.29. The lowest BCUT2D eigenvalue weighted by Gasteiger charge is -2.20. The lowest BCUT2D eigenvalue weighted by Crippen LogP contribution is -2.16. The van der Waals surface area contributed by atoms with E-state index in [1.54, 1.807) is 12.1 Å². The third-order valence-corrected chi connectivity index (χ3v) is 3.18. The van der Waals surface area contributed by atoms with Crippen molar-refractivity contribution in [2.24, 2.45) is 0 Å². The van der Waals surface area contributed by atoms with Gasteiger partial charge in [-0.3, -0.25) is 0 Å². The number of benzene rings is 2. The zero-order valence-corrected chi connectivity index (χ0v) is 11.9. The van der Waals surface area contributed by atoms with Crippen LogP contribution >= 0.6 is 0 Å². The van der Waals surface area contributed by atoms with Gasteiger partial charge in [-0.2, -0.15) is 0 Å². The molecule has 1 N–H and O–H groups in total. The minimum Gasteiger partial charge on any atom is -0.508 e. The first-order valence-electron chi connectivity index (χ1n) is 7.08. The normalized spacial score (nSPS) is 10.8. The van der Waals surface area contributed by atoms with Crippen LogP contribution < -0.4 is 4.90 Å². The molecular weight excluding hydrogens is 246 g/mol. The zero-order chi connectivity index (χ0) is 14.2. The number of nitrogens with zero attached hydrogens (tertiary/aromatic N) is 1. The van der Waals surface area contributed by atoms with Crippen LogP contribution in [-0.4, -0.2) is 11.7 Å². The van der Waals surface area contributed by atoms with Crippen molar-refractivity contribution in [3.8, 4) is 5.75 Å². The molecule has 0 radical (unpaired) electrons. The summed E-state index contributed by atoms with van der Waals surface area (Å²) in [4.78, 5) is 2.22. The number of aromatic hydroxyl groups is 1. The number of anilines is 1. The fraction of sp³-hybridized carbons (Fsp3) is 0.222. The van der Waals surface area contributed by atoms with Crippen molar-refractivity contribution in [2.75, 3.05) is 11.4 Å². The van der Waals surface area contributed by atoms with E-state index in [9.17, 15) is 5.11 Å². The van der Waals surface area contributed by atoms with Crippen LogP contribution in [0.4, 0.5) is 5.69 Å². The Kier molecular flexibility index (Phi) is 5.24. The van der Waals surface area contributed by atoms with Crippen LogP contribution in [0.3, 0.4) is 0 Å². The van der Waals surface area contributed by atoms with Gasteiger partial charge < -0.3 is 10.0 Å². The number of unbranched alkanes of at least 4 members (excludes halogenated alkanes) is 1. The Morgan fingerprint density at radius 3 is 2.35 bits per heavy atom. The van der Waals surface area contributed by atoms with Crippen molar-refractivity contribution in [2.45, 2.75) is 19.8 Å². The van der Waals surface area contributed by atoms with Gasteiger partial charge in [-0.25, -0.2) is 0 Å². The van der Waals surface area contributed by atoms with Gasteiger partial charge in [0.15, 0.2) is 0 Å². The molecule has 2 heteroatoms. The first-order chi connectivity index (χ1) is 9.79. The van der Waals surface area contributed by atoms with E-state index in [-0.39, 0.29) is 0 Å². The monoisotopic (exact) mass is 267 g/mol. The summed E-state index contributed by atoms with van der Waals surface area (Å²) in [7, 11) is 0. The molecule has 0 fully saturated rings. The molecule has 0 unspecified atom stereocenters. The molecule has 0 aliphatic rings. The van der Waals surface area contributed by atoms with E-state index in [2.05, 4.69) is 36.2 Å². The Hall–Kier alpha value is -2.22. The van der Waals surface area contributed by atoms with Crippen molar-refractivity contribution < 1.29 is 5.11 Å². The molecule has 2 aromatic carbocycles. The Morgan fingerprint density at radius 1 is 1.00 bits per heavy atom. The predicted octanol–water partition coefficient (Wildman–Crippen LogP) is 4.67. The molecule has 0 aromatic heterocycles. The molecular formula is C18H21NO. The van der Waals surface area contributed by atoms with Crippen LogP contribution in [-0.2, 0) is 0 Å². The number of hydrogen-bond donors (Lipinski definition) is 1. The standard InChI is InChI=1S/C18H21NO/c1-2-3-14-19(17-9-11-18(20)12-10-17)15-13-16-7-5-4-6-8-16/h4-13,15,20H,2-3,14H2,1H3. The first-order valence-corrected chi connectivity index (χ1v) is 7.08. The third-order valence-electron chi connectivity index (χ3n) is 3.18. The van der Waals surface area contributed by atoms with E-state index in [1.165, 1.54) is 5.56 Å². The van der Waals surface area contributed by atoms with E-state index in [1.807, 2.05) is 30.3 Å². The summed E-state index contributed by atoms with van der Waals surface area (Å²) in [6.45, 7) is 3.17. The van der Waals surface area contributed by atoms with Crippen molar-refractivity contribution in [1.82, 2.24) is 0 Å². The number of hydrogen-bond acceptors (Lipinski definition) is 2. The minimum atomic E-state index is 0.302. The minimum absolute atomic E-state index is 0.302. The number of phenolic OH excluding ortho intramolecular Hbond substituents is 1. The second-order valence-electron chi connectivity index (χ2n) is 4.79. The first kappa shape index (κ1) is 14.2. The Labute approximate surface area is 121 Å². The second-order valence-corrected chi connectivity index (χ2v) is 4.79. The highest BCUT2D eigenvalue weighted by molar-refractivity contribution is 5.58. The maximum atomic E-state index is 9.39. The Bertz CT molecular complexity index is 531. The summed E-state index contributed by atoms with van der Waals surface area (Å²) in [6.07, 6.45) is 6.52. The molecule has 0 spiro atoms. The summed E-state index contributed by atoms with van der Waals surface area (Å²) < 4.78 is 0. The topological polar surface area (TPSA) is 23.5 Å². The van der Waals surface area contributed by atoms with Gasteiger partial charge in [0.25, 0.3) is 0 Å². The van der Waals surface area contributed by atoms with Crippen molar-refractivity contribution in [3.05, 3.63) is 66.4 Å². The molecule has 0 saturated carbocycles. The zero-order valence-electron chi connectivity index (χ0n) is 11.9. The maximum Gasteiger partial charge on any atom is 0.115 e. The van der Waals surface area contributed by atoms with E-state index >= 15 is 0 Å². The lowest BCUT2D eigenvalue weighted by molar-refractivity contribution is 0.475. The molecule has 0 amide bonds. The van der Waals surface area contributed by atoms with E-state index in [4.69, 9.17) is 0 Å². The summed E-state index contributed by atoms with van der Waals surface area (Å²) in [5.74, 6) is 0.302. The molecule has 2 nitrogen and oxygen atoms in total. The summed E-state index contributed by atoms with van der Waals surface area (Å²) in [6, 6.07) is 17.6. The van der Waals surface area contributed by atoms with Gasteiger partial charge in [0, 0.05) is 18.4 Å². The molecule has 0 saturated heterocycles. The van der Waals surface area contributed by atoms with E-state index in [0.717, 1.165) is 25.1 Å². The maximum absolute atomic E-state index is 9.39. The van der Waals surface area contributed by atoms with E-state index in [0.29, 0.717) is 5.75 Å². The molecule has 20 heavy (non-hydrogen) atoms. The SMILES string of the molecule is CCCCN(C=Cc1ccccc1)c1ccc(O)cc1. The summed E-state index contributed by atoms with van der Waals surface area (Å²) >= 11 is 0. The predicted molar refractivity (Wildman–Crippen MR) is 85.8 cm³/mol. The molecule has 2 aromatic rings. The second kappa shape index (κ2) is 7.39. The molecule has 0 heterocycles. The number of phenols is 1. The molecule has 0 atom stereocenters. The van der Waals surface area contributed by atoms with Crippen LogP contribution in [0.2, 0.25) is 0 Å². The average Bonchev–Trinajstić information content (AvgIpc) is 2.50. The van der Waals surface area contributed by atoms with Gasteiger partial charge in [0.05, 0.1) is 0 Å². The Morgan fingerprint density at radius 2 is 1.70 bits per heavy atom. The fourth-order valence-corrected chi connectivity index (χ4v) is 2.00. The van der Waals surface area contributed by atoms with Crippen LogP contribution in [0, 0.1) is 0 Å². The molecule has 2 rings (SSSR count). The van der Waals surface area contributed by atoms with Crippen molar-refractivity contribution >= 4 is 11.8 Å².